The number of methoxy groups -OCH3 is 1. The smallest absolute Gasteiger partial charge is 0.317 e. The number of hydrogen-bond acceptors (Lipinski definition) is 5. The number of ether oxygens (including phenoxy) is 1. The molecule has 3 aromatic rings. The standard InChI is InChI=1S/C21H24N6O2/c1-29-19-5-3-2-4-18(19)25-10-12-26(13-11-25)21(28)24-15-17-6-7-23-20(14-17)27-9-8-22-16-27/h2-9,14,16H,10-13,15H2,1H3,(H,24,28). The van der Waals surface area contributed by atoms with Gasteiger partial charge in [0.1, 0.15) is 17.9 Å². The van der Waals surface area contributed by atoms with Crippen molar-refractivity contribution in [1.82, 2.24) is 24.8 Å². The molecule has 0 atom stereocenters. The zero-order valence-electron chi connectivity index (χ0n) is 16.4. The summed E-state index contributed by atoms with van der Waals surface area (Å²) in [5, 5.41) is 3.01. The van der Waals surface area contributed by atoms with Gasteiger partial charge in [-0.3, -0.25) is 4.57 Å². The molecule has 0 unspecified atom stereocenters. The topological polar surface area (TPSA) is 75.5 Å². The molecule has 29 heavy (non-hydrogen) atoms. The molecule has 0 spiro atoms. The van der Waals surface area contributed by atoms with E-state index in [4.69, 9.17) is 4.74 Å². The fraction of sp³-hybridized carbons (Fsp3) is 0.286. The van der Waals surface area contributed by atoms with Crippen molar-refractivity contribution in [2.75, 3.05) is 38.2 Å². The second-order valence-electron chi connectivity index (χ2n) is 6.80. The van der Waals surface area contributed by atoms with Gasteiger partial charge in [-0.15, -0.1) is 0 Å². The van der Waals surface area contributed by atoms with Gasteiger partial charge in [-0.1, -0.05) is 12.1 Å². The maximum atomic E-state index is 12.6. The number of para-hydroxylation sites is 2. The minimum Gasteiger partial charge on any atom is -0.495 e. The van der Waals surface area contributed by atoms with Crippen LogP contribution in [0.2, 0.25) is 0 Å². The van der Waals surface area contributed by atoms with E-state index in [1.807, 2.05) is 46.0 Å². The first-order valence-corrected chi connectivity index (χ1v) is 9.58. The van der Waals surface area contributed by atoms with E-state index >= 15 is 0 Å². The molecule has 2 amide bonds. The van der Waals surface area contributed by atoms with E-state index in [9.17, 15) is 4.79 Å². The molecule has 1 N–H and O–H groups in total. The summed E-state index contributed by atoms with van der Waals surface area (Å²) in [4.78, 5) is 25.1. The molecule has 8 heteroatoms. The number of pyridine rings is 1. The van der Waals surface area contributed by atoms with Gasteiger partial charge in [0.15, 0.2) is 0 Å². The lowest BCUT2D eigenvalue weighted by Gasteiger charge is -2.36. The van der Waals surface area contributed by atoms with Crippen LogP contribution >= 0.6 is 0 Å². The Morgan fingerprint density at radius 1 is 1.14 bits per heavy atom. The molecule has 150 valence electrons. The molecular weight excluding hydrogens is 368 g/mol. The summed E-state index contributed by atoms with van der Waals surface area (Å²) in [7, 11) is 1.68. The van der Waals surface area contributed by atoms with Crippen LogP contribution in [0, 0.1) is 0 Å². The molecule has 1 aliphatic rings. The van der Waals surface area contributed by atoms with E-state index in [2.05, 4.69) is 26.3 Å². The predicted molar refractivity (Wildman–Crippen MR) is 110 cm³/mol. The second-order valence-corrected chi connectivity index (χ2v) is 6.80. The van der Waals surface area contributed by atoms with Crippen LogP contribution in [0.5, 0.6) is 5.75 Å². The number of urea groups is 1. The average Bonchev–Trinajstić information content (AvgIpc) is 3.33. The van der Waals surface area contributed by atoms with Gasteiger partial charge < -0.3 is 19.9 Å². The van der Waals surface area contributed by atoms with Crippen molar-refractivity contribution in [1.29, 1.82) is 0 Å². The molecule has 1 fully saturated rings. The highest BCUT2D eigenvalue weighted by molar-refractivity contribution is 5.74. The maximum Gasteiger partial charge on any atom is 0.317 e. The summed E-state index contributed by atoms with van der Waals surface area (Å²) in [6.45, 7) is 3.33. The molecule has 8 nitrogen and oxygen atoms in total. The number of nitrogens with zero attached hydrogens (tertiary/aromatic N) is 5. The molecule has 3 heterocycles. The van der Waals surface area contributed by atoms with Crippen molar-refractivity contribution in [3.8, 4) is 11.6 Å². The summed E-state index contributed by atoms with van der Waals surface area (Å²) in [6, 6.07) is 11.8. The van der Waals surface area contributed by atoms with Crippen molar-refractivity contribution >= 4 is 11.7 Å². The number of nitrogens with one attached hydrogen (secondary N) is 1. The fourth-order valence-electron chi connectivity index (χ4n) is 3.44. The normalized spacial score (nSPS) is 14.0. The number of imidazole rings is 1. The number of amides is 2. The molecule has 1 aliphatic heterocycles. The zero-order chi connectivity index (χ0) is 20.1. The van der Waals surface area contributed by atoms with Gasteiger partial charge >= 0.3 is 6.03 Å². The minimum absolute atomic E-state index is 0.0503. The van der Waals surface area contributed by atoms with Crippen LogP contribution in [-0.4, -0.2) is 58.8 Å². The molecule has 2 aromatic heterocycles. The van der Waals surface area contributed by atoms with Crippen LogP contribution < -0.4 is 15.0 Å². The molecular formula is C21H24N6O2. The predicted octanol–water partition coefficient (Wildman–Crippen LogP) is 2.31. The van der Waals surface area contributed by atoms with E-state index in [0.717, 1.165) is 35.9 Å². The number of carbonyl (C=O) groups excluding carboxylic acids is 1. The Kier molecular flexibility index (Phi) is 5.60. The summed E-state index contributed by atoms with van der Waals surface area (Å²) >= 11 is 0. The minimum atomic E-state index is -0.0503. The van der Waals surface area contributed by atoms with Gasteiger partial charge in [-0.25, -0.2) is 14.8 Å². The molecule has 0 radical (unpaired) electrons. The first-order chi connectivity index (χ1) is 14.2. The number of aromatic nitrogens is 3. The quantitative estimate of drug-likeness (QED) is 0.721. The first kappa shape index (κ1) is 18.8. The number of piperazine rings is 1. The Bertz CT molecular complexity index is 951. The molecule has 1 aromatic carbocycles. The van der Waals surface area contributed by atoms with Gasteiger partial charge in [-0.2, -0.15) is 0 Å². The lowest BCUT2D eigenvalue weighted by Crippen LogP contribution is -2.51. The van der Waals surface area contributed by atoms with E-state index in [1.165, 1.54) is 0 Å². The Hall–Kier alpha value is -3.55. The van der Waals surface area contributed by atoms with Crippen LogP contribution in [0.25, 0.3) is 5.82 Å². The highest BCUT2D eigenvalue weighted by Gasteiger charge is 2.22. The van der Waals surface area contributed by atoms with Gasteiger partial charge in [0, 0.05) is 51.3 Å². The number of hydrogen-bond donors (Lipinski definition) is 1. The van der Waals surface area contributed by atoms with E-state index in [1.54, 1.807) is 25.8 Å². The van der Waals surface area contributed by atoms with Crippen LogP contribution in [0.1, 0.15) is 5.56 Å². The van der Waals surface area contributed by atoms with Crippen LogP contribution in [0.15, 0.2) is 61.3 Å². The Morgan fingerprint density at radius 2 is 1.97 bits per heavy atom. The Morgan fingerprint density at radius 3 is 2.72 bits per heavy atom. The number of benzene rings is 1. The molecule has 1 saturated heterocycles. The molecule has 0 saturated carbocycles. The number of anilines is 1. The summed E-state index contributed by atoms with van der Waals surface area (Å²) < 4.78 is 7.29. The van der Waals surface area contributed by atoms with Gasteiger partial charge in [0.25, 0.3) is 0 Å². The Labute approximate surface area is 169 Å². The van der Waals surface area contributed by atoms with Crippen LogP contribution in [-0.2, 0) is 6.54 Å². The van der Waals surface area contributed by atoms with Gasteiger partial charge in [0.2, 0.25) is 0 Å². The van der Waals surface area contributed by atoms with Crippen LogP contribution in [0.3, 0.4) is 0 Å². The SMILES string of the molecule is COc1ccccc1N1CCN(C(=O)NCc2ccnc(-n3ccnc3)c2)CC1. The first-order valence-electron chi connectivity index (χ1n) is 9.58. The van der Waals surface area contributed by atoms with Crippen LogP contribution in [0.4, 0.5) is 10.5 Å². The third kappa shape index (κ3) is 4.31. The van der Waals surface area contributed by atoms with Crippen molar-refractivity contribution in [2.45, 2.75) is 6.54 Å². The highest BCUT2D eigenvalue weighted by atomic mass is 16.5. The summed E-state index contributed by atoms with van der Waals surface area (Å²) in [5.74, 6) is 1.64. The number of carbonyl (C=O) groups is 1. The molecule has 0 aliphatic carbocycles. The lowest BCUT2D eigenvalue weighted by atomic mass is 10.2. The lowest BCUT2D eigenvalue weighted by molar-refractivity contribution is 0.194. The maximum absolute atomic E-state index is 12.6. The third-order valence-corrected chi connectivity index (χ3v) is 5.02. The third-order valence-electron chi connectivity index (χ3n) is 5.02. The van der Waals surface area contributed by atoms with Crippen molar-refractivity contribution < 1.29 is 9.53 Å². The Balaban J connectivity index is 1.31. The van der Waals surface area contributed by atoms with Crippen molar-refractivity contribution in [2.24, 2.45) is 0 Å². The number of rotatable bonds is 5. The van der Waals surface area contributed by atoms with E-state index in [0.29, 0.717) is 19.6 Å². The monoisotopic (exact) mass is 392 g/mol. The zero-order valence-corrected chi connectivity index (χ0v) is 16.4. The van der Waals surface area contributed by atoms with Gasteiger partial charge in [-0.05, 0) is 29.8 Å². The van der Waals surface area contributed by atoms with Gasteiger partial charge in [0.05, 0.1) is 12.8 Å². The molecule has 0 bridgehead atoms. The summed E-state index contributed by atoms with van der Waals surface area (Å²) in [5.41, 5.74) is 2.06. The highest BCUT2D eigenvalue weighted by Crippen LogP contribution is 2.28. The van der Waals surface area contributed by atoms with E-state index in [-0.39, 0.29) is 6.03 Å². The van der Waals surface area contributed by atoms with Crippen molar-refractivity contribution in [3.63, 3.8) is 0 Å². The largest absolute Gasteiger partial charge is 0.495 e. The van der Waals surface area contributed by atoms with E-state index < -0.39 is 0 Å². The fourth-order valence-corrected chi connectivity index (χ4v) is 3.44. The second kappa shape index (κ2) is 8.64. The molecule has 4 rings (SSSR count). The average molecular weight is 392 g/mol. The van der Waals surface area contributed by atoms with Crippen molar-refractivity contribution in [3.05, 3.63) is 66.9 Å². The summed E-state index contributed by atoms with van der Waals surface area (Å²) in [6.07, 6.45) is 6.99.